The molecule has 0 radical (unpaired) electrons. The Bertz CT molecular complexity index is 1530. The highest BCUT2D eigenvalue weighted by atomic mass is 127. The zero-order valence-corrected chi connectivity index (χ0v) is 43.0. The average Bonchev–Trinajstić information content (AvgIpc) is 3.14. The molecule has 0 aliphatic carbocycles. The molecular formula is C47H79IO7Si2. The summed E-state index contributed by atoms with van der Waals surface area (Å²) in [5.41, 5.74) is 3.50. The Hall–Kier alpha value is -1.26. The van der Waals surface area contributed by atoms with E-state index < -0.39 is 22.9 Å². The molecule has 0 saturated carbocycles. The van der Waals surface area contributed by atoms with E-state index in [2.05, 4.69) is 150 Å². The van der Waals surface area contributed by atoms with Gasteiger partial charge in [0.25, 0.3) is 0 Å². The van der Waals surface area contributed by atoms with Crippen LogP contribution in [0.3, 0.4) is 0 Å². The second-order valence-corrected chi connectivity index (χ2v) is 30.8. The van der Waals surface area contributed by atoms with Crippen LogP contribution in [0.2, 0.25) is 36.3 Å². The van der Waals surface area contributed by atoms with E-state index >= 15 is 0 Å². The van der Waals surface area contributed by atoms with Gasteiger partial charge in [-0.2, -0.15) is 0 Å². The van der Waals surface area contributed by atoms with Gasteiger partial charge in [-0.25, -0.2) is 0 Å². The first kappa shape index (κ1) is 50.1. The van der Waals surface area contributed by atoms with Crippen molar-refractivity contribution in [3.63, 3.8) is 0 Å². The van der Waals surface area contributed by atoms with Gasteiger partial charge in [-0.05, 0) is 84.9 Å². The van der Waals surface area contributed by atoms with Crippen LogP contribution in [0.25, 0.3) is 0 Å². The quantitative estimate of drug-likeness (QED) is 0.0602. The van der Waals surface area contributed by atoms with Crippen molar-refractivity contribution in [3.8, 4) is 11.5 Å². The third-order valence-corrected chi connectivity index (χ3v) is 24.1. The topological polar surface area (TPSA) is 64.6 Å². The van der Waals surface area contributed by atoms with E-state index in [1.54, 1.807) is 14.2 Å². The van der Waals surface area contributed by atoms with Crippen molar-refractivity contribution in [2.45, 2.75) is 154 Å². The molecule has 1 heterocycles. The molecule has 0 N–H and O–H groups in total. The molecule has 1 aliphatic rings. The molecule has 0 amide bonds. The van der Waals surface area contributed by atoms with Gasteiger partial charge in [0.05, 0.1) is 52.4 Å². The summed E-state index contributed by atoms with van der Waals surface area (Å²) in [6.07, 6.45) is 2.02. The van der Waals surface area contributed by atoms with E-state index in [1.165, 1.54) is 5.57 Å². The van der Waals surface area contributed by atoms with Crippen LogP contribution in [0.1, 0.15) is 101 Å². The normalized spacial score (nSPS) is 22.6. The molecule has 1 saturated heterocycles. The van der Waals surface area contributed by atoms with Gasteiger partial charge in [0.2, 0.25) is 0 Å². The SMILES string of the molecule is COc1ccc(COC[C@H](C)[C@H](O[Si](C)(C)C(C)(C)C)[C@@H](C)/C=C(/C)C(I)[C@@H](C)[C@@H](O[Si](C)(C)C(C)(C)C)[C@H](C)[C@H]2O[C@@H](c3ccc(OC)cc3)OC[C@@H]2C)cc1. The lowest BCUT2D eigenvalue weighted by Gasteiger charge is -2.47. The number of halogens is 1. The molecule has 7 nitrogen and oxygen atoms in total. The zero-order chi connectivity index (χ0) is 43.1. The smallest absolute Gasteiger partial charge is 0.192 e. The van der Waals surface area contributed by atoms with Crippen LogP contribution < -0.4 is 9.47 Å². The summed E-state index contributed by atoms with van der Waals surface area (Å²) in [5, 5.41) is 0.159. The molecule has 0 spiro atoms. The molecular weight excluding hydrogens is 860 g/mol. The van der Waals surface area contributed by atoms with Crippen LogP contribution in [0.4, 0.5) is 0 Å². The predicted molar refractivity (Wildman–Crippen MR) is 251 cm³/mol. The molecule has 0 bridgehead atoms. The van der Waals surface area contributed by atoms with Gasteiger partial charge in [0.15, 0.2) is 22.9 Å². The molecule has 3 rings (SSSR count). The Labute approximate surface area is 364 Å². The first-order valence-corrected chi connectivity index (χ1v) is 28.2. The lowest BCUT2D eigenvalue weighted by Crippen LogP contribution is -2.52. The molecule has 10 atom stereocenters. The Morgan fingerprint density at radius 1 is 0.807 bits per heavy atom. The van der Waals surface area contributed by atoms with E-state index in [0.717, 1.165) is 22.6 Å². The molecule has 2 aromatic rings. The summed E-state index contributed by atoms with van der Waals surface area (Å²) >= 11 is 2.68. The van der Waals surface area contributed by atoms with Gasteiger partial charge in [0, 0.05) is 27.2 Å². The minimum Gasteiger partial charge on any atom is -0.497 e. The number of hydrogen-bond donors (Lipinski definition) is 0. The third kappa shape index (κ3) is 13.6. The minimum absolute atomic E-state index is 0.0141. The lowest BCUT2D eigenvalue weighted by atomic mass is 9.81. The second kappa shape index (κ2) is 21.0. The molecule has 2 aromatic carbocycles. The summed E-state index contributed by atoms with van der Waals surface area (Å²) in [6.45, 7) is 39.1. The monoisotopic (exact) mass is 938 g/mol. The number of alkyl halides is 1. The Morgan fingerprint density at radius 2 is 1.30 bits per heavy atom. The fourth-order valence-electron chi connectivity index (χ4n) is 7.25. The van der Waals surface area contributed by atoms with Crippen LogP contribution in [0.15, 0.2) is 60.2 Å². The standard InChI is InChI=1S/C47H79IO7Si2/c1-31(27-32(2)42(54-56(15,16)46(7,8)9)33(3)28-51-30-37-19-23-39(49-13)24-20-37)41(48)35(5)44(55-57(17,18)47(10,11)12)36(6)43-34(4)29-52-45(53-43)38-21-25-40(50-14)26-22-38/h19-27,32-36,41-45H,28-30H2,1-18H3/b31-27-/t32-,33-,34-,35+,36+,41?,42+,43-,44+,45-/m0/s1. The van der Waals surface area contributed by atoms with E-state index in [4.69, 9.17) is 32.5 Å². The van der Waals surface area contributed by atoms with Gasteiger partial charge in [-0.15, -0.1) is 0 Å². The summed E-state index contributed by atoms with van der Waals surface area (Å²) in [6, 6.07) is 16.1. The molecule has 10 heteroatoms. The van der Waals surface area contributed by atoms with Crippen LogP contribution >= 0.6 is 22.6 Å². The molecule has 1 unspecified atom stereocenters. The molecule has 0 aromatic heterocycles. The molecule has 57 heavy (non-hydrogen) atoms. The van der Waals surface area contributed by atoms with Gasteiger partial charge in [0.1, 0.15) is 11.5 Å². The van der Waals surface area contributed by atoms with E-state index in [9.17, 15) is 0 Å². The van der Waals surface area contributed by atoms with Crippen molar-refractivity contribution < 1.29 is 32.5 Å². The molecule has 324 valence electrons. The van der Waals surface area contributed by atoms with Crippen molar-refractivity contribution in [1.82, 2.24) is 0 Å². The number of rotatable bonds is 19. The summed E-state index contributed by atoms with van der Waals surface area (Å²) in [4.78, 5) is 0. The summed E-state index contributed by atoms with van der Waals surface area (Å²) in [7, 11) is -0.874. The Morgan fingerprint density at radius 3 is 1.79 bits per heavy atom. The maximum absolute atomic E-state index is 7.48. The van der Waals surface area contributed by atoms with Crippen molar-refractivity contribution in [3.05, 3.63) is 71.3 Å². The third-order valence-electron chi connectivity index (χ3n) is 13.1. The summed E-state index contributed by atoms with van der Waals surface area (Å²) < 4.78 is 45.3. The van der Waals surface area contributed by atoms with Crippen LogP contribution in [-0.4, -0.2) is 66.3 Å². The Balaban J connectivity index is 1.90. The fraction of sp³-hybridized carbons (Fsp3) is 0.702. The fourth-order valence-corrected chi connectivity index (χ4v) is 10.8. The maximum Gasteiger partial charge on any atom is 0.192 e. The van der Waals surface area contributed by atoms with Crippen molar-refractivity contribution >= 4 is 39.2 Å². The lowest BCUT2D eigenvalue weighted by molar-refractivity contribution is -0.256. The highest BCUT2D eigenvalue weighted by molar-refractivity contribution is 14.1. The molecule has 1 fully saturated rings. The number of ether oxygens (including phenoxy) is 5. The largest absolute Gasteiger partial charge is 0.497 e. The van der Waals surface area contributed by atoms with Crippen LogP contribution in [-0.2, 0) is 29.7 Å². The highest BCUT2D eigenvalue weighted by Crippen LogP contribution is 2.44. The van der Waals surface area contributed by atoms with E-state index in [0.29, 0.717) is 19.8 Å². The van der Waals surface area contributed by atoms with Crippen molar-refractivity contribution in [2.24, 2.45) is 29.6 Å². The summed E-state index contributed by atoms with van der Waals surface area (Å²) in [5.74, 6) is 2.63. The van der Waals surface area contributed by atoms with Gasteiger partial charge >= 0.3 is 0 Å². The Kier molecular flexibility index (Phi) is 18.5. The number of benzene rings is 2. The predicted octanol–water partition coefficient (Wildman–Crippen LogP) is 13.0. The van der Waals surface area contributed by atoms with Gasteiger partial charge in [-0.3, -0.25) is 0 Å². The van der Waals surface area contributed by atoms with Crippen molar-refractivity contribution in [1.29, 1.82) is 0 Å². The maximum atomic E-state index is 7.48. The average molecular weight is 939 g/mol. The highest BCUT2D eigenvalue weighted by Gasteiger charge is 2.47. The zero-order valence-electron chi connectivity index (χ0n) is 38.8. The van der Waals surface area contributed by atoms with Crippen molar-refractivity contribution in [2.75, 3.05) is 27.4 Å². The first-order valence-electron chi connectivity index (χ1n) is 21.1. The first-order chi connectivity index (χ1) is 26.3. The number of methoxy groups -OCH3 is 2. The number of hydrogen-bond acceptors (Lipinski definition) is 7. The van der Waals surface area contributed by atoms with Gasteiger partial charge < -0.3 is 32.5 Å². The van der Waals surface area contributed by atoms with Crippen LogP contribution in [0.5, 0.6) is 11.5 Å². The number of allylic oxidation sites excluding steroid dienone is 1. The van der Waals surface area contributed by atoms with Gasteiger partial charge in [-0.1, -0.05) is 135 Å². The van der Waals surface area contributed by atoms with Crippen LogP contribution in [0, 0.1) is 29.6 Å². The van der Waals surface area contributed by atoms with E-state index in [-0.39, 0.29) is 61.9 Å². The second-order valence-electron chi connectivity index (χ2n) is 19.9. The van der Waals surface area contributed by atoms with E-state index in [1.807, 2.05) is 36.4 Å². The minimum atomic E-state index is -2.16. The molecule has 1 aliphatic heterocycles.